The van der Waals surface area contributed by atoms with Gasteiger partial charge in [-0.05, 0) is 39.7 Å². The molecule has 0 unspecified atom stereocenters. The summed E-state index contributed by atoms with van der Waals surface area (Å²) in [4.78, 5) is 11.7. The van der Waals surface area contributed by atoms with Crippen LogP contribution in [0.15, 0.2) is 65.3 Å². The Morgan fingerprint density at radius 2 is 1.68 bits per heavy atom. The molecular formula is C15H13BrN2O. The van der Waals surface area contributed by atoms with E-state index in [1.807, 2.05) is 60.7 Å². The maximum Gasteiger partial charge on any atom is 0.323 e. The van der Waals surface area contributed by atoms with Crippen molar-refractivity contribution < 1.29 is 4.79 Å². The van der Waals surface area contributed by atoms with Crippen molar-refractivity contribution in [1.82, 2.24) is 5.32 Å². The first-order valence-corrected chi connectivity index (χ1v) is 6.58. The van der Waals surface area contributed by atoms with E-state index in [1.165, 1.54) is 0 Å². The topological polar surface area (TPSA) is 41.1 Å². The van der Waals surface area contributed by atoms with Gasteiger partial charge in [-0.1, -0.05) is 42.5 Å². The quantitative estimate of drug-likeness (QED) is 0.873. The highest BCUT2D eigenvalue weighted by Crippen LogP contribution is 2.20. The normalized spacial score (nSPS) is 10.4. The summed E-state index contributed by atoms with van der Waals surface area (Å²) in [5.41, 5.74) is 1.76. The fourth-order valence-electron chi connectivity index (χ4n) is 1.50. The summed E-state index contributed by atoms with van der Waals surface area (Å²) in [5, 5.41) is 5.40. The lowest BCUT2D eigenvalue weighted by Gasteiger charge is -2.06. The van der Waals surface area contributed by atoms with Gasteiger partial charge in [-0.3, -0.25) is 0 Å². The molecule has 0 saturated heterocycles. The maximum absolute atomic E-state index is 11.7. The highest BCUT2D eigenvalue weighted by atomic mass is 79.9. The van der Waals surface area contributed by atoms with Crippen molar-refractivity contribution in [2.24, 2.45) is 0 Å². The SMILES string of the molecule is O=C(N/C=C/c1ccccc1)Nc1ccccc1Br. The van der Waals surface area contributed by atoms with Crippen LogP contribution < -0.4 is 10.6 Å². The predicted molar refractivity (Wildman–Crippen MR) is 81.8 cm³/mol. The number of urea groups is 1. The minimum Gasteiger partial charge on any atom is -0.314 e. The Balaban J connectivity index is 1.89. The Morgan fingerprint density at radius 3 is 2.42 bits per heavy atom. The van der Waals surface area contributed by atoms with Gasteiger partial charge in [0.15, 0.2) is 0 Å². The van der Waals surface area contributed by atoms with Gasteiger partial charge in [-0.25, -0.2) is 4.79 Å². The van der Waals surface area contributed by atoms with E-state index in [9.17, 15) is 4.79 Å². The number of amides is 2. The van der Waals surface area contributed by atoms with Crippen LogP contribution in [0, 0.1) is 0 Å². The van der Waals surface area contributed by atoms with Crippen LogP contribution in [-0.4, -0.2) is 6.03 Å². The average molecular weight is 317 g/mol. The molecule has 0 atom stereocenters. The van der Waals surface area contributed by atoms with E-state index in [0.717, 1.165) is 15.7 Å². The van der Waals surface area contributed by atoms with Gasteiger partial charge in [-0.15, -0.1) is 0 Å². The van der Waals surface area contributed by atoms with Crippen molar-refractivity contribution in [2.45, 2.75) is 0 Å². The lowest BCUT2D eigenvalue weighted by atomic mass is 10.2. The summed E-state index contributed by atoms with van der Waals surface area (Å²) in [6, 6.07) is 16.9. The Hall–Kier alpha value is -2.07. The molecule has 2 rings (SSSR count). The summed E-state index contributed by atoms with van der Waals surface area (Å²) in [7, 11) is 0. The zero-order valence-corrected chi connectivity index (χ0v) is 11.7. The summed E-state index contributed by atoms with van der Waals surface area (Å²) >= 11 is 3.37. The zero-order valence-electron chi connectivity index (χ0n) is 10.1. The molecule has 0 aliphatic heterocycles. The molecule has 19 heavy (non-hydrogen) atoms. The van der Waals surface area contributed by atoms with Crippen molar-refractivity contribution in [2.75, 3.05) is 5.32 Å². The number of carbonyl (C=O) groups is 1. The second-order valence-electron chi connectivity index (χ2n) is 3.82. The zero-order chi connectivity index (χ0) is 13.5. The molecule has 3 nitrogen and oxygen atoms in total. The van der Waals surface area contributed by atoms with Crippen molar-refractivity contribution in [3.63, 3.8) is 0 Å². The number of halogens is 1. The monoisotopic (exact) mass is 316 g/mol. The van der Waals surface area contributed by atoms with Gasteiger partial charge in [-0.2, -0.15) is 0 Å². The average Bonchev–Trinajstić information content (AvgIpc) is 2.43. The van der Waals surface area contributed by atoms with Crippen molar-refractivity contribution >= 4 is 33.7 Å². The first-order valence-electron chi connectivity index (χ1n) is 5.79. The highest BCUT2D eigenvalue weighted by Gasteiger charge is 2.01. The van der Waals surface area contributed by atoms with Crippen LogP contribution in [-0.2, 0) is 0 Å². The fraction of sp³-hybridized carbons (Fsp3) is 0. The molecular weight excluding hydrogens is 304 g/mol. The first kappa shape index (κ1) is 13.4. The third-order valence-corrected chi connectivity index (χ3v) is 3.10. The molecule has 0 spiro atoms. The number of nitrogens with one attached hydrogen (secondary N) is 2. The summed E-state index contributed by atoms with van der Waals surface area (Å²) in [5.74, 6) is 0. The second-order valence-corrected chi connectivity index (χ2v) is 4.68. The van der Waals surface area contributed by atoms with E-state index in [0.29, 0.717) is 0 Å². The smallest absolute Gasteiger partial charge is 0.314 e. The van der Waals surface area contributed by atoms with E-state index < -0.39 is 0 Å². The summed E-state index contributed by atoms with van der Waals surface area (Å²) in [6.07, 6.45) is 3.45. The van der Waals surface area contributed by atoms with Gasteiger partial charge in [0.25, 0.3) is 0 Å². The van der Waals surface area contributed by atoms with Crippen molar-refractivity contribution in [3.8, 4) is 0 Å². The molecule has 0 aromatic heterocycles. The standard InChI is InChI=1S/C15H13BrN2O/c16-13-8-4-5-9-14(13)18-15(19)17-11-10-12-6-2-1-3-7-12/h1-11H,(H2,17,18,19)/b11-10+. The fourth-order valence-corrected chi connectivity index (χ4v) is 1.88. The Morgan fingerprint density at radius 1 is 1.00 bits per heavy atom. The van der Waals surface area contributed by atoms with Crippen molar-refractivity contribution in [3.05, 3.63) is 70.8 Å². The second kappa shape index (κ2) is 6.75. The Labute approximate surface area is 120 Å². The van der Waals surface area contributed by atoms with Crippen LogP contribution in [0.1, 0.15) is 5.56 Å². The van der Waals surface area contributed by atoms with Gasteiger partial charge in [0, 0.05) is 10.7 Å². The molecule has 0 heterocycles. The molecule has 0 fully saturated rings. The number of benzene rings is 2. The number of rotatable bonds is 3. The number of carbonyl (C=O) groups excluding carboxylic acids is 1. The molecule has 0 bridgehead atoms. The molecule has 4 heteroatoms. The summed E-state index contributed by atoms with van der Waals surface area (Å²) < 4.78 is 0.845. The van der Waals surface area contributed by atoms with Crippen LogP contribution in [0.4, 0.5) is 10.5 Å². The minimum absolute atomic E-state index is 0.279. The maximum atomic E-state index is 11.7. The lowest BCUT2D eigenvalue weighted by Crippen LogP contribution is -2.23. The highest BCUT2D eigenvalue weighted by molar-refractivity contribution is 9.10. The van der Waals surface area contributed by atoms with Gasteiger partial charge >= 0.3 is 6.03 Å². The molecule has 96 valence electrons. The van der Waals surface area contributed by atoms with Gasteiger partial charge in [0.05, 0.1) is 5.69 Å². The Bertz CT molecular complexity index is 582. The third-order valence-electron chi connectivity index (χ3n) is 2.41. The van der Waals surface area contributed by atoms with Gasteiger partial charge < -0.3 is 10.6 Å². The molecule has 2 aromatic rings. The number of hydrogen-bond acceptors (Lipinski definition) is 1. The number of anilines is 1. The molecule has 2 amide bonds. The predicted octanol–water partition coefficient (Wildman–Crippen LogP) is 4.24. The number of hydrogen-bond donors (Lipinski definition) is 2. The van der Waals surface area contributed by atoms with E-state index >= 15 is 0 Å². The van der Waals surface area contributed by atoms with Crippen LogP contribution in [0.25, 0.3) is 6.08 Å². The largest absolute Gasteiger partial charge is 0.323 e. The number of para-hydroxylation sites is 1. The first-order chi connectivity index (χ1) is 9.25. The molecule has 0 radical (unpaired) electrons. The van der Waals surface area contributed by atoms with Crippen LogP contribution in [0.5, 0.6) is 0 Å². The lowest BCUT2D eigenvalue weighted by molar-refractivity contribution is 0.255. The minimum atomic E-state index is -0.279. The van der Waals surface area contributed by atoms with Gasteiger partial charge in [0.2, 0.25) is 0 Å². The molecule has 0 aliphatic rings. The van der Waals surface area contributed by atoms with Gasteiger partial charge in [0.1, 0.15) is 0 Å². The van der Waals surface area contributed by atoms with Crippen LogP contribution in [0.2, 0.25) is 0 Å². The van der Waals surface area contributed by atoms with E-state index in [2.05, 4.69) is 26.6 Å². The van der Waals surface area contributed by atoms with Crippen molar-refractivity contribution in [1.29, 1.82) is 0 Å². The molecule has 2 N–H and O–H groups in total. The molecule has 0 saturated carbocycles. The molecule has 2 aromatic carbocycles. The van der Waals surface area contributed by atoms with Crippen LogP contribution >= 0.6 is 15.9 Å². The summed E-state index contributed by atoms with van der Waals surface area (Å²) in [6.45, 7) is 0. The van der Waals surface area contributed by atoms with E-state index in [-0.39, 0.29) is 6.03 Å². The molecule has 0 aliphatic carbocycles. The van der Waals surface area contributed by atoms with E-state index in [4.69, 9.17) is 0 Å². The third kappa shape index (κ3) is 4.26. The van der Waals surface area contributed by atoms with Crippen LogP contribution in [0.3, 0.4) is 0 Å². The van der Waals surface area contributed by atoms with E-state index in [1.54, 1.807) is 6.20 Å². The Kier molecular flexibility index (Phi) is 4.75.